The Morgan fingerprint density at radius 3 is 3.00 bits per heavy atom. The molecule has 1 atom stereocenters. The molecule has 0 aliphatic carbocycles. The fourth-order valence-corrected chi connectivity index (χ4v) is 2.85. The number of imidazole rings is 1. The van der Waals surface area contributed by atoms with Crippen LogP contribution in [0.3, 0.4) is 0 Å². The van der Waals surface area contributed by atoms with Gasteiger partial charge in [0.05, 0.1) is 11.8 Å². The highest BCUT2D eigenvalue weighted by Gasteiger charge is 2.07. The van der Waals surface area contributed by atoms with E-state index in [4.69, 9.17) is 0 Å². The van der Waals surface area contributed by atoms with Crippen molar-refractivity contribution in [3.63, 3.8) is 0 Å². The molecule has 0 fully saturated rings. The average molecular weight is 345 g/mol. The molecule has 0 amide bonds. The molecule has 1 N–H and O–H groups in total. The van der Waals surface area contributed by atoms with Gasteiger partial charge in [-0.15, -0.1) is 0 Å². The Morgan fingerprint density at radius 2 is 2.19 bits per heavy atom. The number of hydrogen-bond acceptors (Lipinski definition) is 3. The molecule has 2 aromatic heterocycles. The maximum absolute atomic E-state index is 4.51. The van der Waals surface area contributed by atoms with Crippen molar-refractivity contribution in [2.75, 3.05) is 0 Å². The zero-order valence-corrected chi connectivity index (χ0v) is 13.4. The zero-order chi connectivity index (χ0) is 14.7. The van der Waals surface area contributed by atoms with Gasteiger partial charge in [-0.2, -0.15) is 0 Å². The Bertz CT molecular complexity index is 724. The predicted octanol–water partition coefficient (Wildman–Crippen LogP) is 3.37. The molecule has 1 unspecified atom stereocenters. The minimum atomic E-state index is 0.363. The van der Waals surface area contributed by atoms with Gasteiger partial charge in [0.2, 0.25) is 0 Å². The number of fused-ring (bicyclic) bond motifs is 1. The first kappa shape index (κ1) is 14.2. The van der Waals surface area contributed by atoms with Crippen LogP contribution in [0.2, 0.25) is 0 Å². The summed E-state index contributed by atoms with van der Waals surface area (Å²) >= 11 is 3.58. The fourth-order valence-electron chi connectivity index (χ4n) is 2.40. The average Bonchev–Trinajstić information content (AvgIpc) is 3.00. The lowest BCUT2D eigenvalue weighted by Crippen LogP contribution is -2.29. The second-order valence-electron chi connectivity index (χ2n) is 5.15. The molecule has 0 aliphatic rings. The number of pyridine rings is 1. The van der Waals surface area contributed by atoms with Crippen LogP contribution in [0.25, 0.3) is 10.9 Å². The van der Waals surface area contributed by atoms with E-state index in [2.05, 4.69) is 60.9 Å². The first-order valence-electron chi connectivity index (χ1n) is 6.95. The van der Waals surface area contributed by atoms with Crippen LogP contribution >= 0.6 is 15.9 Å². The molecule has 3 aromatic rings. The van der Waals surface area contributed by atoms with E-state index in [0.29, 0.717) is 6.04 Å². The summed E-state index contributed by atoms with van der Waals surface area (Å²) in [5, 5.41) is 4.70. The van der Waals surface area contributed by atoms with Gasteiger partial charge in [-0.25, -0.2) is 4.98 Å². The number of rotatable bonds is 5. The maximum atomic E-state index is 4.51. The summed E-state index contributed by atoms with van der Waals surface area (Å²) in [4.78, 5) is 8.57. The van der Waals surface area contributed by atoms with Crippen molar-refractivity contribution in [3.05, 3.63) is 59.2 Å². The quantitative estimate of drug-likeness (QED) is 0.771. The number of aromatic nitrogens is 3. The molecule has 108 valence electrons. The highest BCUT2D eigenvalue weighted by molar-refractivity contribution is 9.10. The van der Waals surface area contributed by atoms with E-state index in [1.807, 2.05) is 24.8 Å². The highest BCUT2D eigenvalue weighted by atomic mass is 79.9. The summed E-state index contributed by atoms with van der Waals surface area (Å²) in [5.41, 5.74) is 2.26. The van der Waals surface area contributed by atoms with Crippen LogP contribution in [0, 0.1) is 0 Å². The van der Waals surface area contributed by atoms with Crippen molar-refractivity contribution in [1.29, 1.82) is 0 Å². The molecule has 4 nitrogen and oxygen atoms in total. The number of hydrogen-bond donors (Lipinski definition) is 1. The molecular formula is C16H17BrN4. The van der Waals surface area contributed by atoms with Crippen molar-refractivity contribution in [2.45, 2.75) is 26.1 Å². The van der Waals surface area contributed by atoms with Gasteiger partial charge >= 0.3 is 0 Å². The predicted molar refractivity (Wildman–Crippen MR) is 88.0 cm³/mol. The van der Waals surface area contributed by atoms with Gasteiger partial charge in [0.15, 0.2) is 0 Å². The van der Waals surface area contributed by atoms with Crippen molar-refractivity contribution in [3.8, 4) is 0 Å². The van der Waals surface area contributed by atoms with Crippen molar-refractivity contribution >= 4 is 26.8 Å². The Morgan fingerprint density at radius 1 is 1.29 bits per heavy atom. The van der Waals surface area contributed by atoms with E-state index >= 15 is 0 Å². The molecule has 2 heterocycles. The lowest BCUT2D eigenvalue weighted by atomic mass is 10.1. The van der Waals surface area contributed by atoms with E-state index < -0.39 is 0 Å². The summed E-state index contributed by atoms with van der Waals surface area (Å²) in [7, 11) is 0. The molecule has 1 aromatic carbocycles. The van der Waals surface area contributed by atoms with Gasteiger partial charge in [0, 0.05) is 47.6 Å². The molecule has 0 aliphatic heterocycles. The Hall–Kier alpha value is -1.72. The van der Waals surface area contributed by atoms with E-state index in [1.165, 1.54) is 5.56 Å². The van der Waals surface area contributed by atoms with Crippen LogP contribution in [-0.2, 0) is 13.1 Å². The molecule has 3 rings (SSSR count). The normalized spacial score (nSPS) is 12.7. The van der Waals surface area contributed by atoms with E-state index in [-0.39, 0.29) is 0 Å². The lowest BCUT2D eigenvalue weighted by molar-refractivity contribution is 0.477. The van der Waals surface area contributed by atoms with Gasteiger partial charge in [-0.1, -0.05) is 28.1 Å². The minimum absolute atomic E-state index is 0.363. The molecular weight excluding hydrogens is 328 g/mol. The molecule has 0 radical (unpaired) electrons. The van der Waals surface area contributed by atoms with Crippen molar-refractivity contribution in [2.24, 2.45) is 0 Å². The monoisotopic (exact) mass is 344 g/mol. The Balaban J connectivity index is 1.72. The second-order valence-corrected chi connectivity index (χ2v) is 6.00. The van der Waals surface area contributed by atoms with Gasteiger partial charge in [-0.3, -0.25) is 4.98 Å². The third-order valence-electron chi connectivity index (χ3n) is 3.48. The van der Waals surface area contributed by atoms with Crippen molar-refractivity contribution < 1.29 is 0 Å². The van der Waals surface area contributed by atoms with Gasteiger partial charge in [-0.05, 0) is 24.6 Å². The van der Waals surface area contributed by atoms with Gasteiger partial charge < -0.3 is 9.88 Å². The number of halogens is 1. The second kappa shape index (κ2) is 6.37. The van der Waals surface area contributed by atoms with Crippen LogP contribution in [0.1, 0.15) is 12.5 Å². The van der Waals surface area contributed by atoms with Crippen LogP contribution in [0.15, 0.2) is 53.7 Å². The van der Waals surface area contributed by atoms with Crippen molar-refractivity contribution in [1.82, 2.24) is 19.9 Å². The fraction of sp³-hybridized carbons (Fsp3) is 0.250. The summed E-state index contributed by atoms with van der Waals surface area (Å²) in [6.07, 6.45) is 7.47. The smallest absolute Gasteiger partial charge is 0.0946 e. The third kappa shape index (κ3) is 3.31. The van der Waals surface area contributed by atoms with Crippen LogP contribution in [0.4, 0.5) is 0 Å². The maximum Gasteiger partial charge on any atom is 0.0946 e. The largest absolute Gasteiger partial charge is 0.336 e. The highest BCUT2D eigenvalue weighted by Crippen LogP contribution is 2.25. The zero-order valence-electron chi connectivity index (χ0n) is 11.8. The summed E-state index contributed by atoms with van der Waals surface area (Å²) in [6, 6.07) is 8.62. The van der Waals surface area contributed by atoms with Gasteiger partial charge in [0.25, 0.3) is 0 Å². The SMILES string of the molecule is CC(Cn1ccnc1)NCc1ccc(Br)c2cccnc12. The van der Waals surface area contributed by atoms with E-state index in [0.717, 1.165) is 28.5 Å². The Kier molecular flexibility index (Phi) is 4.31. The standard InChI is InChI=1S/C16H17BrN4/c1-12(10-21-8-7-18-11-21)20-9-13-4-5-15(17)14-3-2-6-19-16(13)14/h2-8,11-12,20H,9-10H2,1H3. The Labute approximate surface area is 132 Å². The summed E-state index contributed by atoms with van der Waals surface area (Å²) in [6.45, 7) is 3.88. The van der Waals surface area contributed by atoms with Gasteiger partial charge in [0.1, 0.15) is 0 Å². The number of nitrogens with zero attached hydrogens (tertiary/aromatic N) is 3. The van der Waals surface area contributed by atoms with Crippen LogP contribution in [0.5, 0.6) is 0 Å². The number of nitrogens with one attached hydrogen (secondary N) is 1. The molecule has 0 saturated carbocycles. The minimum Gasteiger partial charge on any atom is -0.336 e. The van der Waals surface area contributed by atoms with E-state index in [1.54, 1.807) is 6.20 Å². The van der Waals surface area contributed by atoms with Crippen LogP contribution < -0.4 is 5.32 Å². The summed E-state index contributed by atoms with van der Waals surface area (Å²) < 4.78 is 3.16. The molecule has 5 heteroatoms. The first-order chi connectivity index (χ1) is 10.2. The topological polar surface area (TPSA) is 42.7 Å². The lowest BCUT2D eigenvalue weighted by Gasteiger charge is -2.15. The van der Waals surface area contributed by atoms with Crippen LogP contribution in [-0.4, -0.2) is 20.6 Å². The van der Waals surface area contributed by atoms with E-state index in [9.17, 15) is 0 Å². The first-order valence-corrected chi connectivity index (χ1v) is 7.74. The molecule has 0 saturated heterocycles. The third-order valence-corrected chi connectivity index (χ3v) is 4.18. The molecule has 21 heavy (non-hydrogen) atoms. The summed E-state index contributed by atoms with van der Waals surface area (Å²) in [5.74, 6) is 0. The molecule has 0 spiro atoms. The molecule has 0 bridgehead atoms. The number of benzene rings is 1.